The van der Waals surface area contributed by atoms with Crippen LogP contribution in [0.3, 0.4) is 0 Å². The molecule has 0 spiro atoms. The lowest BCUT2D eigenvalue weighted by Crippen LogP contribution is -2.57. The third-order valence-electron chi connectivity index (χ3n) is 4.09. The highest BCUT2D eigenvalue weighted by Crippen LogP contribution is 2.29. The van der Waals surface area contributed by atoms with Crippen molar-refractivity contribution >= 4 is 5.91 Å². The summed E-state index contributed by atoms with van der Waals surface area (Å²) in [4.78, 5) is 13.9. The molecule has 1 aromatic rings. The maximum atomic E-state index is 11.9. The van der Waals surface area contributed by atoms with Gasteiger partial charge in [0.1, 0.15) is 24.0 Å². The number of hydrogen-bond acceptors (Lipinski definition) is 5. The molecule has 22 heavy (non-hydrogen) atoms. The minimum atomic E-state index is -0.743. The van der Waals surface area contributed by atoms with Crippen LogP contribution in [-0.2, 0) is 9.53 Å². The molecule has 1 unspecified atom stereocenters. The van der Waals surface area contributed by atoms with Crippen molar-refractivity contribution in [1.82, 2.24) is 4.90 Å². The van der Waals surface area contributed by atoms with Gasteiger partial charge >= 0.3 is 0 Å². The molecule has 6 heteroatoms. The minimum absolute atomic E-state index is 0.289. The lowest BCUT2D eigenvalue weighted by molar-refractivity contribution is -0.132. The van der Waals surface area contributed by atoms with Gasteiger partial charge in [-0.2, -0.15) is 5.26 Å². The summed E-state index contributed by atoms with van der Waals surface area (Å²) in [5, 5.41) is 9.04. The fourth-order valence-electron chi connectivity index (χ4n) is 2.96. The van der Waals surface area contributed by atoms with Crippen LogP contribution in [0.5, 0.6) is 5.75 Å². The first-order valence-electron chi connectivity index (χ1n) is 7.30. The molecule has 0 aromatic heterocycles. The fourth-order valence-corrected chi connectivity index (χ4v) is 2.96. The topological polar surface area (TPSA) is 88.6 Å². The highest BCUT2D eigenvalue weighted by atomic mass is 16.5. The Balaban J connectivity index is 1.98. The van der Waals surface area contributed by atoms with Crippen LogP contribution in [0, 0.1) is 11.3 Å². The number of rotatable bonds is 7. The number of nitrogens with zero attached hydrogens (tertiary/aromatic N) is 2. The monoisotopic (exact) mass is 303 g/mol. The molecule has 1 heterocycles. The van der Waals surface area contributed by atoms with E-state index in [0.717, 1.165) is 13.0 Å². The van der Waals surface area contributed by atoms with Gasteiger partial charge in [-0.3, -0.25) is 9.69 Å². The molecule has 1 atom stereocenters. The summed E-state index contributed by atoms with van der Waals surface area (Å²) >= 11 is 0. The van der Waals surface area contributed by atoms with E-state index in [1.165, 1.54) is 0 Å². The van der Waals surface area contributed by atoms with Gasteiger partial charge in [-0.1, -0.05) is 12.1 Å². The molecule has 1 aliphatic rings. The van der Waals surface area contributed by atoms with Crippen LogP contribution in [0.1, 0.15) is 18.4 Å². The maximum Gasteiger partial charge on any atom is 0.240 e. The zero-order valence-electron chi connectivity index (χ0n) is 12.7. The molecule has 1 aliphatic heterocycles. The number of likely N-dealkylation sites (tertiary alicyclic amines) is 1. The van der Waals surface area contributed by atoms with E-state index in [4.69, 9.17) is 20.5 Å². The molecular formula is C16H21N3O3. The second kappa shape index (κ2) is 7.25. The van der Waals surface area contributed by atoms with Crippen molar-refractivity contribution in [3.05, 3.63) is 29.8 Å². The Morgan fingerprint density at radius 1 is 1.50 bits per heavy atom. The number of carbonyl (C=O) groups excluding carboxylic acids is 1. The molecule has 0 bridgehead atoms. The van der Waals surface area contributed by atoms with Gasteiger partial charge in [0.25, 0.3) is 0 Å². The van der Waals surface area contributed by atoms with E-state index >= 15 is 0 Å². The van der Waals surface area contributed by atoms with Crippen LogP contribution in [-0.4, -0.2) is 49.8 Å². The Labute approximate surface area is 130 Å². The minimum Gasteiger partial charge on any atom is -0.491 e. The van der Waals surface area contributed by atoms with Gasteiger partial charge in [0.15, 0.2) is 0 Å². The summed E-state index contributed by atoms with van der Waals surface area (Å²) in [7, 11) is 1.57. The Hall–Kier alpha value is -2.10. The van der Waals surface area contributed by atoms with Crippen molar-refractivity contribution in [2.45, 2.75) is 18.4 Å². The van der Waals surface area contributed by atoms with Crippen LogP contribution in [0.4, 0.5) is 0 Å². The quantitative estimate of drug-likeness (QED) is 0.808. The van der Waals surface area contributed by atoms with E-state index in [9.17, 15) is 4.79 Å². The molecular weight excluding hydrogens is 282 g/mol. The second-order valence-corrected chi connectivity index (χ2v) is 5.38. The molecule has 2 rings (SSSR count). The summed E-state index contributed by atoms with van der Waals surface area (Å²) in [5.74, 6) is 0.199. The number of nitrogens with two attached hydrogens (primary N) is 1. The summed E-state index contributed by atoms with van der Waals surface area (Å²) in [5.41, 5.74) is 5.35. The van der Waals surface area contributed by atoms with Crippen molar-refractivity contribution in [2.24, 2.45) is 5.73 Å². The molecule has 1 fully saturated rings. The molecule has 1 amide bonds. The largest absolute Gasteiger partial charge is 0.491 e. The lowest BCUT2D eigenvalue weighted by atomic mass is 9.96. The van der Waals surface area contributed by atoms with E-state index in [1.807, 2.05) is 11.0 Å². The van der Waals surface area contributed by atoms with Gasteiger partial charge in [-0.05, 0) is 31.5 Å². The predicted octanol–water partition coefficient (Wildman–Crippen LogP) is 0.903. The van der Waals surface area contributed by atoms with E-state index < -0.39 is 5.54 Å². The van der Waals surface area contributed by atoms with Crippen LogP contribution >= 0.6 is 0 Å². The van der Waals surface area contributed by atoms with Crippen LogP contribution in [0.25, 0.3) is 0 Å². The standard InChI is InChI=1S/C16H21N3O3/c1-21-12-16(15(18)20)7-4-8-19(16)9-10-22-14-6-3-2-5-13(14)11-17/h2-3,5-6H,4,7-10,12H2,1H3,(H2,18,20). The Morgan fingerprint density at radius 2 is 2.27 bits per heavy atom. The normalized spacial score (nSPS) is 21.5. The molecule has 6 nitrogen and oxygen atoms in total. The summed E-state index contributed by atoms with van der Waals surface area (Å²) in [6.07, 6.45) is 1.60. The number of primary amides is 1. The maximum absolute atomic E-state index is 11.9. The number of amides is 1. The molecule has 0 radical (unpaired) electrons. The molecule has 0 saturated carbocycles. The predicted molar refractivity (Wildman–Crippen MR) is 81.3 cm³/mol. The number of para-hydroxylation sites is 1. The van der Waals surface area contributed by atoms with Crippen LogP contribution in [0.15, 0.2) is 24.3 Å². The van der Waals surface area contributed by atoms with Crippen LogP contribution < -0.4 is 10.5 Å². The first kappa shape index (κ1) is 16.3. The van der Waals surface area contributed by atoms with E-state index in [-0.39, 0.29) is 12.5 Å². The van der Waals surface area contributed by atoms with E-state index in [1.54, 1.807) is 25.3 Å². The summed E-state index contributed by atoms with van der Waals surface area (Å²) in [6.45, 7) is 2.02. The van der Waals surface area contributed by atoms with Crippen molar-refractivity contribution in [3.8, 4) is 11.8 Å². The number of benzene rings is 1. The smallest absolute Gasteiger partial charge is 0.240 e. The average molecular weight is 303 g/mol. The summed E-state index contributed by atoms with van der Waals surface area (Å²) < 4.78 is 10.9. The molecule has 118 valence electrons. The highest BCUT2D eigenvalue weighted by molar-refractivity contribution is 5.85. The number of ether oxygens (including phenoxy) is 2. The van der Waals surface area contributed by atoms with Crippen molar-refractivity contribution in [2.75, 3.05) is 33.4 Å². The molecule has 0 aliphatic carbocycles. The lowest BCUT2D eigenvalue weighted by Gasteiger charge is -2.35. The Kier molecular flexibility index (Phi) is 5.36. The first-order valence-corrected chi connectivity index (χ1v) is 7.30. The van der Waals surface area contributed by atoms with Gasteiger partial charge in [0.05, 0.1) is 12.2 Å². The van der Waals surface area contributed by atoms with Gasteiger partial charge in [-0.15, -0.1) is 0 Å². The third-order valence-corrected chi connectivity index (χ3v) is 4.09. The second-order valence-electron chi connectivity index (χ2n) is 5.38. The van der Waals surface area contributed by atoms with Gasteiger partial charge in [0, 0.05) is 13.7 Å². The SMILES string of the molecule is COCC1(C(N)=O)CCCN1CCOc1ccccc1C#N. The van der Waals surface area contributed by atoms with Crippen molar-refractivity contribution < 1.29 is 14.3 Å². The van der Waals surface area contributed by atoms with E-state index in [2.05, 4.69) is 6.07 Å². The number of nitriles is 1. The third kappa shape index (κ3) is 3.21. The fraction of sp³-hybridized carbons (Fsp3) is 0.500. The zero-order valence-corrected chi connectivity index (χ0v) is 12.7. The van der Waals surface area contributed by atoms with Crippen molar-refractivity contribution in [1.29, 1.82) is 5.26 Å². The highest BCUT2D eigenvalue weighted by Gasteiger charge is 2.46. The van der Waals surface area contributed by atoms with E-state index in [0.29, 0.717) is 30.9 Å². The molecule has 1 aromatic carbocycles. The van der Waals surface area contributed by atoms with Crippen molar-refractivity contribution in [3.63, 3.8) is 0 Å². The van der Waals surface area contributed by atoms with Gasteiger partial charge in [0.2, 0.25) is 5.91 Å². The Morgan fingerprint density at radius 3 is 2.95 bits per heavy atom. The van der Waals surface area contributed by atoms with Gasteiger partial charge < -0.3 is 15.2 Å². The number of methoxy groups -OCH3 is 1. The van der Waals surface area contributed by atoms with Crippen LogP contribution in [0.2, 0.25) is 0 Å². The number of carbonyl (C=O) groups is 1. The molecule has 2 N–H and O–H groups in total. The molecule has 1 saturated heterocycles. The Bertz CT molecular complexity index is 570. The number of hydrogen-bond donors (Lipinski definition) is 1. The van der Waals surface area contributed by atoms with Gasteiger partial charge in [-0.25, -0.2) is 0 Å². The summed E-state index contributed by atoms with van der Waals surface area (Å²) in [6, 6.07) is 9.19. The average Bonchev–Trinajstić information content (AvgIpc) is 2.92. The first-order chi connectivity index (χ1) is 10.6. The zero-order chi connectivity index (χ0) is 16.0.